The molecule has 0 aliphatic rings. The quantitative estimate of drug-likeness (QED) is 0.318. The van der Waals surface area contributed by atoms with Crippen LogP contribution < -0.4 is 11.1 Å². The molecule has 1 aromatic heterocycles. The van der Waals surface area contributed by atoms with Crippen molar-refractivity contribution in [3.63, 3.8) is 0 Å². The maximum atomic E-state index is 12.4. The van der Waals surface area contributed by atoms with Gasteiger partial charge in [-0.15, -0.1) is 0 Å². The zero-order valence-corrected chi connectivity index (χ0v) is 12.0. The molecule has 6 heteroatoms. The Labute approximate surface area is 158 Å². The third-order valence-corrected chi connectivity index (χ3v) is 3.87. The van der Waals surface area contributed by atoms with E-state index in [0.717, 1.165) is 10.8 Å². The van der Waals surface area contributed by atoms with Crippen LogP contribution in [-0.4, -0.2) is 44.2 Å². The zero-order chi connectivity index (χ0) is 16.0. The molecular weight excluding hydrogens is 315 g/mol. The van der Waals surface area contributed by atoms with Crippen LogP contribution in [0.1, 0.15) is 0 Å². The Balaban J connectivity index is 0.00000169. The van der Waals surface area contributed by atoms with E-state index in [0.29, 0.717) is 16.7 Å². The fraction of sp³-hybridized carbons (Fsp3) is 0. The van der Waals surface area contributed by atoms with E-state index in [1.54, 1.807) is 18.2 Å². The first-order chi connectivity index (χ1) is 11.1. The molecule has 0 bridgehead atoms. The van der Waals surface area contributed by atoms with Gasteiger partial charge in [-0.05, 0) is 23.6 Å². The van der Waals surface area contributed by atoms with Crippen molar-refractivity contribution in [2.45, 2.75) is 0 Å². The zero-order valence-electron chi connectivity index (χ0n) is 12.0. The Kier molecular flexibility index (Phi) is 4.32. The standard InChI is InChI=1S/C18H12N2O3.Na.H/c21-13-6-3-5-12(10-13)20-15-9-8-11-4-1-2-7-14(11)16(15)19-17(22)18(20)23;;/h1-10,21H,(H,19,22);;. The Morgan fingerprint density at radius 2 is 1.71 bits per heavy atom. The van der Waals surface area contributed by atoms with Crippen LogP contribution in [0.5, 0.6) is 5.75 Å². The first-order valence-corrected chi connectivity index (χ1v) is 7.11. The van der Waals surface area contributed by atoms with Gasteiger partial charge in [0, 0.05) is 11.5 Å². The molecule has 0 atom stereocenters. The van der Waals surface area contributed by atoms with Crippen LogP contribution in [0.15, 0.2) is 70.3 Å². The molecule has 1 heterocycles. The first-order valence-electron chi connectivity index (χ1n) is 7.11. The predicted octanol–water partition coefficient (Wildman–Crippen LogP) is 1.89. The van der Waals surface area contributed by atoms with Crippen molar-refractivity contribution in [2.24, 2.45) is 0 Å². The molecule has 2 N–H and O–H groups in total. The average Bonchev–Trinajstić information content (AvgIpc) is 2.56. The van der Waals surface area contributed by atoms with Gasteiger partial charge in [-0.25, -0.2) is 0 Å². The number of nitrogens with one attached hydrogen (secondary N) is 1. The van der Waals surface area contributed by atoms with Gasteiger partial charge in [-0.3, -0.25) is 14.2 Å². The van der Waals surface area contributed by atoms with Gasteiger partial charge in [0.2, 0.25) is 0 Å². The number of benzene rings is 3. The van der Waals surface area contributed by atoms with Crippen molar-refractivity contribution in [1.82, 2.24) is 9.55 Å². The van der Waals surface area contributed by atoms with Crippen LogP contribution in [0, 0.1) is 0 Å². The predicted molar refractivity (Wildman–Crippen MR) is 96.5 cm³/mol. The third kappa shape index (κ3) is 2.57. The second kappa shape index (κ2) is 6.28. The third-order valence-electron chi connectivity index (χ3n) is 3.87. The SMILES string of the molecule is O=c1[nH]c2c3ccccc3ccc2n(-c2cccc(O)c2)c1=O.[NaH]. The van der Waals surface area contributed by atoms with Crippen LogP contribution in [0.25, 0.3) is 27.5 Å². The Bertz CT molecular complexity index is 1180. The van der Waals surface area contributed by atoms with Crippen LogP contribution in [-0.2, 0) is 0 Å². The second-order valence-electron chi connectivity index (χ2n) is 5.30. The number of fused-ring (bicyclic) bond motifs is 3. The minimum absolute atomic E-state index is 0. The molecule has 0 fully saturated rings. The molecule has 0 aliphatic heterocycles. The molecule has 0 spiro atoms. The normalized spacial score (nSPS) is 10.7. The number of hydrogen-bond donors (Lipinski definition) is 2. The molecule has 0 aliphatic carbocycles. The maximum absolute atomic E-state index is 12.4. The summed E-state index contributed by atoms with van der Waals surface area (Å²) in [6.45, 7) is 0. The Morgan fingerprint density at radius 1 is 0.917 bits per heavy atom. The van der Waals surface area contributed by atoms with E-state index < -0.39 is 11.1 Å². The topological polar surface area (TPSA) is 75.1 Å². The van der Waals surface area contributed by atoms with Crippen LogP contribution >= 0.6 is 0 Å². The molecule has 24 heavy (non-hydrogen) atoms. The summed E-state index contributed by atoms with van der Waals surface area (Å²) >= 11 is 0. The van der Waals surface area contributed by atoms with Crippen molar-refractivity contribution in [1.29, 1.82) is 0 Å². The van der Waals surface area contributed by atoms with E-state index in [9.17, 15) is 14.7 Å². The van der Waals surface area contributed by atoms with Gasteiger partial charge in [0.15, 0.2) is 0 Å². The van der Waals surface area contributed by atoms with Crippen molar-refractivity contribution in [2.75, 3.05) is 0 Å². The van der Waals surface area contributed by atoms with Gasteiger partial charge < -0.3 is 10.1 Å². The van der Waals surface area contributed by atoms with Crippen LogP contribution in [0.4, 0.5) is 0 Å². The Hall–Kier alpha value is -2.34. The summed E-state index contributed by atoms with van der Waals surface area (Å²) in [7, 11) is 0. The van der Waals surface area contributed by atoms with Crippen molar-refractivity contribution in [3.05, 3.63) is 81.4 Å². The van der Waals surface area contributed by atoms with E-state index in [2.05, 4.69) is 4.98 Å². The summed E-state index contributed by atoms with van der Waals surface area (Å²) in [6.07, 6.45) is 0. The fourth-order valence-electron chi connectivity index (χ4n) is 2.84. The van der Waals surface area contributed by atoms with Gasteiger partial charge in [-0.2, -0.15) is 0 Å². The van der Waals surface area contributed by atoms with Gasteiger partial charge in [-0.1, -0.05) is 36.4 Å². The van der Waals surface area contributed by atoms with E-state index in [4.69, 9.17) is 0 Å². The molecule has 0 saturated carbocycles. The molecule has 0 amide bonds. The van der Waals surface area contributed by atoms with Gasteiger partial charge in [0.1, 0.15) is 5.75 Å². The van der Waals surface area contributed by atoms with E-state index >= 15 is 0 Å². The van der Waals surface area contributed by atoms with Crippen LogP contribution in [0.2, 0.25) is 0 Å². The number of hydrogen-bond acceptors (Lipinski definition) is 3. The monoisotopic (exact) mass is 328 g/mol. The molecule has 5 nitrogen and oxygen atoms in total. The molecule has 0 saturated heterocycles. The molecule has 4 aromatic rings. The van der Waals surface area contributed by atoms with Gasteiger partial charge in [0.25, 0.3) is 0 Å². The van der Waals surface area contributed by atoms with Crippen molar-refractivity contribution >= 4 is 51.4 Å². The summed E-state index contributed by atoms with van der Waals surface area (Å²) in [5, 5.41) is 11.5. The van der Waals surface area contributed by atoms with Crippen LogP contribution in [0.3, 0.4) is 0 Å². The number of aromatic nitrogens is 2. The molecule has 4 rings (SSSR count). The average molecular weight is 328 g/mol. The number of rotatable bonds is 1. The Morgan fingerprint density at radius 3 is 2.50 bits per heavy atom. The number of phenols is 1. The summed E-state index contributed by atoms with van der Waals surface area (Å²) in [5.74, 6) is 0.0311. The summed E-state index contributed by atoms with van der Waals surface area (Å²) in [6, 6.07) is 17.6. The van der Waals surface area contributed by atoms with Gasteiger partial charge in [0.05, 0.1) is 16.7 Å². The summed E-state index contributed by atoms with van der Waals surface area (Å²) < 4.78 is 1.32. The van der Waals surface area contributed by atoms with Crippen molar-refractivity contribution in [3.8, 4) is 11.4 Å². The number of aromatic hydroxyl groups is 1. The summed E-state index contributed by atoms with van der Waals surface area (Å²) in [5.41, 5.74) is 0.243. The summed E-state index contributed by atoms with van der Waals surface area (Å²) in [4.78, 5) is 27.1. The number of aromatic amines is 1. The number of phenolic OH excluding ortho intramolecular Hbond substituents is 1. The minimum atomic E-state index is -0.697. The number of nitrogens with zero attached hydrogens (tertiary/aromatic N) is 1. The second-order valence-corrected chi connectivity index (χ2v) is 5.30. The van der Waals surface area contributed by atoms with Gasteiger partial charge >= 0.3 is 40.7 Å². The molecule has 3 aromatic carbocycles. The van der Waals surface area contributed by atoms with E-state index in [1.165, 1.54) is 16.7 Å². The fourth-order valence-corrected chi connectivity index (χ4v) is 2.84. The van der Waals surface area contributed by atoms with Crippen molar-refractivity contribution < 1.29 is 5.11 Å². The molecular formula is C18H13N2NaO3. The molecule has 0 unspecified atom stereocenters. The molecule has 0 radical (unpaired) electrons. The van der Waals surface area contributed by atoms with E-state index in [-0.39, 0.29) is 35.3 Å². The first kappa shape index (κ1) is 16.5. The molecule has 114 valence electrons. The number of H-pyrrole nitrogens is 1. The van der Waals surface area contributed by atoms with E-state index in [1.807, 2.05) is 30.3 Å².